The number of aliphatic hydroxyl groups is 1. The molecule has 1 atom stereocenters. The average molecular weight is 282 g/mol. The highest BCUT2D eigenvalue weighted by Crippen LogP contribution is 2.21. The van der Waals surface area contributed by atoms with E-state index in [1.165, 1.54) is 4.57 Å². The molecule has 7 heteroatoms. The van der Waals surface area contributed by atoms with Gasteiger partial charge in [0, 0.05) is 19.6 Å². The van der Waals surface area contributed by atoms with Gasteiger partial charge in [0.05, 0.1) is 6.10 Å². The van der Waals surface area contributed by atoms with Crippen molar-refractivity contribution in [1.82, 2.24) is 9.55 Å². The van der Waals surface area contributed by atoms with E-state index in [4.69, 9.17) is 5.73 Å². The van der Waals surface area contributed by atoms with Crippen LogP contribution in [0.5, 0.6) is 0 Å². The molecule has 1 aliphatic rings. The van der Waals surface area contributed by atoms with Crippen molar-refractivity contribution in [3.05, 3.63) is 20.8 Å². The summed E-state index contributed by atoms with van der Waals surface area (Å²) in [6.45, 7) is 5.42. The van der Waals surface area contributed by atoms with Crippen LogP contribution in [-0.4, -0.2) is 33.9 Å². The van der Waals surface area contributed by atoms with Gasteiger partial charge in [-0.15, -0.1) is 0 Å². The Morgan fingerprint density at radius 1 is 1.45 bits per heavy atom. The summed E-state index contributed by atoms with van der Waals surface area (Å²) in [5, 5.41) is 9.73. The first-order valence-corrected chi connectivity index (χ1v) is 6.95. The number of anilines is 2. The maximum absolute atomic E-state index is 12.0. The second kappa shape index (κ2) is 5.70. The number of nitrogen functional groups attached to an aromatic ring is 1. The van der Waals surface area contributed by atoms with Crippen LogP contribution in [-0.2, 0) is 6.54 Å². The lowest BCUT2D eigenvalue weighted by molar-refractivity contribution is 0.154. The highest BCUT2D eigenvalue weighted by atomic mass is 16.3. The van der Waals surface area contributed by atoms with Gasteiger partial charge in [0.2, 0.25) is 0 Å². The number of aromatic nitrogens is 2. The van der Waals surface area contributed by atoms with Gasteiger partial charge in [-0.05, 0) is 18.8 Å². The molecule has 112 valence electrons. The molecule has 0 amide bonds. The summed E-state index contributed by atoms with van der Waals surface area (Å²) in [4.78, 5) is 28.0. The van der Waals surface area contributed by atoms with Crippen molar-refractivity contribution in [2.24, 2.45) is 5.92 Å². The van der Waals surface area contributed by atoms with Crippen molar-refractivity contribution in [1.29, 1.82) is 0 Å². The van der Waals surface area contributed by atoms with Crippen molar-refractivity contribution >= 4 is 11.5 Å². The van der Waals surface area contributed by atoms with E-state index < -0.39 is 17.4 Å². The number of nitrogens with one attached hydrogen (secondary N) is 1. The molecule has 0 aromatic carbocycles. The van der Waals surface area contributed by atoms with Crippen LogP contribution in [0.2, 0.25) is 0 Å². The van der Waals surface area contributed by atoms with Crippen LogP contribution >= 0.6 is 0 Å². The third kappa shape index (κ3) is 2.87. The van der Waals surface area contributed by atoms with Crippen LogP contribution in [0.25, 0.3) is 0 Å². The number of H-pyrrole nitrogens is 1. The van der Waals surface area contributed by atoms with Crippen molar-refractivity contribution < 1.29 is 5.11 Å². The van der Waals surface area contributed by atoms with Gasteiger partial charge in [-0.2, -0.15) is 0 Å². The quantitative estimate of drug-likeness (QED) is 0.708. The van der Waals surface area contributed by atoms with Crippen molar-refractivity contribution in [3.63, 3.8) is 0 Å². The van der Waals surface area contributed by atoms with Crippen molar-refractivity contribution in [2.75, 3.05) is 23.7 Å². The van der Waals surface area contributed by atoms with E-state index in [0.717, 1.165) is 12.8 Å². The third-order valence-corrected chi connectivity index (χ3v) is 3.47. The van der Waals surface area contributed by atoms with Crippen LogP contribution in [0.3, 0.4) is 0 Å². The molecule has 1 unspecified atom stereocenters. The van der Waals surface area contributed by atoms with E-state index in [2.05, 4.69) is 4.98 Å². The van der Waals surface area contributed by atoms with Crippen LogP contribution in [0.4, 0.5) is 11.5 Å². The molecular weight excluding hydrogens is 260 g/mol. The molecule has 1 aromatic heterocycles. The lowest BCUT2D eigenvalue weighted by Gasteiger charge is -2.32. The number of piperidine rings is 1. The van der Waals surface area contributed by atoms with Gasteiger partial charge in [0.15, 0.2) is 0 Å². The summed E-state index contributed by atoms with van der Waals surface area (Å²) in [5.41, 5.74) is 5.36. The zero-order chi connectivity index (χ0) is 14.9. The van der Waals surface area contributed by atoms with Crippen LogP contribution in [0.15, 0.2) is 9.59 Å². The van der Waals surface area contributed by atoms with Gasteiger partial charge < -0.3 is 15.7 Å². The average Bonchev–Trinajstić information content (AvgIpc) is 2.34. The van der Waals surface area contributed by atoms with Crippen LogP contribution in [0, 0.1) is 5.92 Å². The predicted octanol–water partition coefficient (Wildman–Crippen LogP) is -0.264. The SMILES string of the molecule is CC(C)Cn1c(N)c(N2CCCC(O)C2)c(=O)[nH]c1=O. The molecule has 4 N–H and O–H groups in total. The van der Waals surface area contributed by atoms with E-state index in [9.17, 15) is 14.7 Å². The van der Waals surface area contributed by atoms with Gasteiger partial charge in [-0.1, -0.05) is 13.8 Å². The first kappa shape index (κ1) is 14.6. The molecule has 1 saturated heterocycles. The standard InChI is InChI=1S/C13H22N4O3/c1-8(2)6-17-11(14)10(12(19)15-13(17)20)16-5-3-4-9(18)7-16/h8-9,18H,3-7,14H2,1-2H3,(H,15,19,20). The molecule has 1 fully saturated rings. The summed E-state index contributed by atoms with van der Waals surface area (Å²) in [6, 6.07) is 0. The number of rotatable bonds is 3. The van der Waals surface area contributed by atoms with E-state index in [1.807, 2.05) is 13.8 Å². The van der Waals surface area contributed by atoms with Crippen LogP contribution in [0.1, 0.15) is 26.7 Å². The Morgan fingerprint density at radius 3 is 2.75 bits per heavy atom. The van der Waals surface area contributed by atoms with Gasteiger partial charge in [-0.25, -0.2) is 4.79 Å². The molecular formula is C13H22N4O3. The number of hydrogen-bond donors (Lipinski definition) is 3. The molecule has 0 spiro atoms. The Labute approximate surface area is 117 Å². The number of hydrogen-bond acceptors (Lipinski definition) is 5. The largest absolute Gasteiger partial charge is 0.391 e. The molecule has 2 rings (SSSR count). The van der Waals surface area contributed by atoms with Crippen molar-refractivity contribution in [2.45, 2.75) is 39.3 Å². The van der Waals surface area contributed by atoms with Gasteiger partial charge in [0.25, 0.3) is 5.56 Å². The molecule has 0 saturated carbocycles. The Morgan fingerprint density at radius 2 is 2.15 bits per heavy atom. The van der Waals surface area contributed by atoms with Crippen molar-refractivity contribution in [3.8, 4) is 0 Å². The normalized spacial score (nSPS) is 19.6. The maximum Gasteiger partial charge on any atom is 0.330 e. The molecule has 20 heavy (non-hydrogen) atoms. The lowest BCUT2D eigenvalue weighted by Crippen LogP contribution is -2.44. The minimum Gasteiger partial charge on any atom is -0.391 e. The van der Waals surface area contributed by atoms with Gasteiger partial charge in [-0.3, -0.25) is 14.3 Å². The van der Waals surface area contributed by atoms with E-state index in [-0.39, 0.29) is 11.7 Å². The van der Waals surface area contributed by atoms with Crippen LogP contribution < -0.4 is 21.9 Å². The fraction of sp³-hybridized carbons (Fsp3) is 0.692. The highest BCUT2D eigenvalue weighted by Gasteiger charge is 2.24. The monoisotopic (exact) mass is 282 g/mol. The minimum absolute atomic E-state index is 0.182. The number of aromatic amines is 1. The zero-order valence-electron chi connectivity index (χ0n) is 11.9. The summed E-state index contributed by atoms with van der Waals surface area (Å²) in [5.74, 6) is 0.419. The highest BCUT2D eigenvalue weighted by molar-refractivity contribution is 5.62. The third-order valence-electron chi connectivity index (χ3n) is 3.47. The summed E-state index contributed by atoms with van der Waals surface area (Å²) in [6.07, 6.45) is 1.05. The molecule has 0 bridgehead atoms. The first-order chi connectivity index (χ1) is 9.40. The summed E-state index contributed by atoms with van der Waals surface area (Å²) < 4.78 is 1.39. The number of nitrogens with zero attached hydrogens (tertiary/aromatic N) is 2. The second-order valence-electron chi connectivity index (χ2n) is 5.74. The first-order valence-electron chi connectivity index (χ1n) is 6.95. The maximum atomic E-state index is 12.0. The second-order valence-corrected chi connectivity index (χ2v) is 5.74. The Balaban J connectivity index is 2.47. The Kier molecular flexibility index (Phi) is 4.17. The summed E-state index contributed by atoms with van der Waals surface area (Å²) in [7, 11) is 0. The smallest absolute Gasteiger partial charge is 0.330 e. The van der Waals surface area contributed by atoms with Gasteiger partial charge >= 0.3 is 5.69 Å². The molecule has 2 heterocycles. The van der Waals surface area contributed by atoms with E-state index in [1.54, 1.807) is 4.90 Å². The molecule has 1 aliphatic heterocycles. The van der Waals surface area contributed by atoms with Gasteiger partial charge in [0.1, 0.15) is 11.5 Å². The molecule has 0 radical (unpaired) electrons. The lowest BCUT2D eigenvalue weighted by atomic mass is 10.1. The number of aliphatic hydroxyl groups excluding tert-OH is 1. The van der Waals surface area contributed by atoms with E-state index in [0.29, 0.717) is 25.3 Å². The predicted molar refractivity (Wildman–Crippen MR) is 78.0 cm³/mol. The molecule has 0 aliphatic carbocycles. The van der Waals surface area contributed by atoms with E-state index >= 15 is 0 Å². The topological polar surface area (TPSA) is 104 Å². The number of nitrogens with two attached hydrogens (primary N) is 1. The molecule has 7 nitrogen and oxygen atoms in total. The Bertz CT molecular complexity index is 590. The summed E-state index contributed by atoms with van der Waals surface area (Å²) >= 11 is 0. The minimum atomic E-state index is -0.485. The fourth-order valence-corrected chi connectivity index (χ4v) is 2.59. The molecule has 1 aromatic rings. The fourth-order valence-electron chi connectivity index (χ4n) is 2.59. The Hall–Kier alpha value is -1.76. The zero-order valence-corrected chi connectivity index (χ0v) is 11.9. The number of β-amino-alcohol motifs (C(OH)–C–C–N with tert-alkyl or cyclic N) is 1.